The molecule has 10 heteroatoms. The van der Waals surface area contributed by atoms with Gasteiger partial charge in [0.2, 0.25) is 10.0 Å². The third-order valence-corrected chi connectivity index (χ3v) is 5.49. The first-order valence-corrected chi connectivity index (χ1v) is 10.6. The number of H-pyrrole nitrogens is 1. The number of imidazole rings is 1. The number of primary sulfonamides is 1. The Labute approximate surface area is 175 Å². The van der Waals surface area contributed by atoms with Crippen molar-refractivity contribution in [3.05, 3.63) is 66.7 Å². The molecule has 0 amide bonds. The molecule has 0 radical (unpaired) electrons. The van der Waals surface area contributed by atoms with E-state index < -0.39 is 22.8 Å². The summed E-state index contributed by atoms with van der Waals surface area (Å²) in [7, 11) is -3.90. The van der Waals surface area contributed by atoms with Crippen molar-refractivity contribution in [1.29, 1.82) is 0 Å². The van der Waals surface area contributed by atoms with Crippen LogP contribution >= 0.6 is 0 Å². The smallest absolute Gasteiger partial charge is 0.422 e. The van der Waals surface area contributed by atoms with E-state index in [2.05, 4.69) is 9.97 Å². The SMILES string of the molecule is NS(=O)(=O)c1ccccc1-c1ccc2nc(-c3ccc(OCC(F)(F)F)cc3)[nH]c2c1. The van der Waals surface area contributed by atoms with Gasteiger partial charge in [0.1, 0.15) is 11.6 Å². The second kappa shape index (κ2) is 7.71. The highest BCUT2D eigenvalue weighted by Gasteiger charge is 2.28. The Bertz CT molecular complexity index is 1350. The van der Waals surface area contributed by atoms with Crippen molar-refractivity contribution in [2.45, 2.75) is 11.1 Å². The second-order valence-electron chi connectivity index (χ2n) is 6.79. The molecule has 3 N–H and O–H groups in total. The van der Waals surface area contributed by atoms with Crippen LogP contribution in [0.25, 0.3) is 33.5 Å². The predicted octanol–water partition coefficient (Wildman–Crippen LogP) is 4.49. The Balaban J connectivity index is 1.65. The van der Waals surface area contributed by atoms with Gasteiger partial charge in [-0.25, -0.2) is 18.5 Å². The van der Waals surface area contributed by atoms with Crippen LogP contribution < -0.4 is 9.88 Å². The number of sulfonamides is 1. The van der Waals surface area contributed by atoms with Crippen molar-refractivity contribution in [3.8, 4) is 28.3 Å². The van der Waals surface area contributed by atoms with Crippen molar-refractivity contribution >= 4 is 21.1 Å². The van der Waals surface area contributed by atoms with Gasteiger partial charge in [-0.3, -0.25) is 0 Å². The Morgan fingerprint density at radius 1 is 0.968 bits per heavy atom. The van der Waals surface area contributed by atoms with Gasteiger partial charge in [-0.05, 0) is 48.0 Å². The van der Waals surface area contributed by atoms with Gasteiger partial charge < -0.3 is 9.72 Å². The molecule has 0 spiro atoms. The number of hydrogen-bond acceptors (Lipinski definition) is 4. The molecule has 0 aliphatic carbocycles. The van der Waals surface area contributed by atoms with E-state index >= 15 is 0 Å². The number of ether oxygens (including phenoxy) is 1. The minimum atomic E-state index is -4.41. The average Bonchev–Trinajstić information content (AvgIpc) is 3.15. The molecule has 1 aromatic heterocycles. The molecule has 0 saturated carbocycles. The Morgan fingerprint density at radius 2 is 1.65 bits per heavy atom. The number of nitrogens with zero attached hydrogens (tertiary/aromatic N) is 1. The van der Waals surface area contributed by atoms with Crippen LogP contribution in [0.4, 0.5) is 13.2 Å². The summed E-state index contributed by atoms with van der Waals surface area (Å²) >= 11 is 0. The van der Waals surface area contributed by atoms with Gasteiger partial charge in [-0.1, -0.05) is 24.3 Å². The molecular weight excluding hydrogens is 431 g/mol. The van der Waals surface area contributed by atoms with Crippen molar-refractivity contribution in [2.75, 3.05) is 6.61 Å². The first-order chi connectivity index (χ1) is 14.6. The zero-order valence-corrected chi connectivity index (χ0v) is 16.7. The van der Waals surface area contributed by atoms with Crippen LogP contribution in [-0.4, -0.2) is 31.2 Å². The third kappa shape index (κ3) is 4.70. The van der Waals surface area contributed by atoms with Crippen molar-refractivity contribution in [3.63, 3.8) is 0 Å². The first kappa shape index (κ1) is 20.9. The maximum atomic E-state index is 12.3. The summed E-state index contributed by atoms with van der Waals surface area (Å²) in [5, 5.41) is 5.32. The number of fused-ring (bicyclic) bond motifs is 1. The highest BCUT2D eigenvalue weighted by Crippen LogP contribution is 2.30. The van der Waals surface area contributed by atoms with Gasteiger partial charge in [-0.2, -0.15) is 13.2 Å². The average molecular weight is 447 g/mol. The maximum absolute atomic E-state index is 12.3. The monoisotopic (exact) mass is 447 g/mol. The predicted molar refractivity (Wildman–Crippen MR) is 110 cm³/mol. The van der Waals surface area contributed by atoms with E-state index in [1.165, 1.54) is 18.2 Å². The molecule has 3 aromatic carbocycles. The molecule has 4 rings (SSSR count). The molecule has 6 nitrogen and oxygen atoms in total. The third-order valence-electron chi connectivity index (χ3n) is 4.52. The molecule has 0 saturated heterocycles. The lowest BCUT2D eigenvalue weighted by molar-refractivity contribution is -0.153. The lowest BCUT2D eigenvalue weighted by Crippen LogP contribution is -2.19. The van der Waals surface area contributed by atoms with Crippen LogP contribution in [0.5, 0.6) is 5.75 Å². The Morgan fingerprint density at radius 3 is 2.32 bits per heavy atom. The topological polar surface area (TPSA) is 98.1 Å². The molecule has 0 aliphatic rings. The molecular formula is C21H16F3N3O3S. The van der Waals surface area contributed by atoms with Gasteiger partial charge in [-0.15, -0.1) is 0 Å². The molecule has 0 bridgehead atoms. The molecule has 160 valence electrons. The van der Waals surface area contributed by atoms with E-state index in [1.54, 1.807) is 48.5 Å². The van der Waals surface area contributed by atoms with Gasteiger partial charge in [0.05, 0.1) is 15.9 Å². The van der Waals surface area contributed by atoms with E-state index in [4.69, 9.17) is 9.88 Å². The van der Waals surface area contributed by atoms with E-state index in [0.717, 1.165) is 0 Å². The number of nitrogens with one attached hydrogen (secondary N) is 1. The van der Waals surface area contributed by atoms with Crippen molar-refractivity contribution in [1.82, 2.24) is 9.97 Å². The second-order valence-corrected chi connectivity index (χ2v) is 8.32. The lowest BCUT2D eigenvalue weighted by Gasteiger charge is -2.09. The molecule has 31 heavy (non-hydrogen) atoms. The largest absolute Gasteiger partial charge is 0.484 e. The molecule has 4 aromatic rings. The van der Waals surface area contributed by atoms with E-state index in [9.17, 15) is 21.6 Å². The van der Waals surface area contributed by atoms with Gasteiger partial charge in [0.25, 0.3) is 0 Å². The number of hydrogen-bond donors (Lipinski definition) is 2. The highest BCUT2D eigenvalue weighted by atomic mass is 32.2. The molecule has 0 unspecified atom stereocenters. The zero-order valence-electron chi connectivity index (χ0n) is 15.8. The Hall–Kier alpha value is -3.37. The number of halogens is 3. The fraction of sp³-hybridized carbons (Fsp3) is 0.0952. The summed E-state index contributed by atoms with van der Waals surface area (Å²) in [5.41, 5.74) is 3.07. The zero-order chi connectivity index (χ0) is 22.2. The van der Waals surface area contributed by atoms with Gasteiger partial charge in [0, 0.05) is 11.1 Å². The number of rotatable bonds is 5. The van der Waals surface area contributed by atoms with Crippen LogP contribution in [0.1, 0.15) is 0 Å². The minimum absolute atomic E-state index is 0.0172. The lowest BCUT2D eigenvalue weighted by atomic mass is 10.1. The van der Waals surface area contributed by atoms with Crippen LogP contribution in [0, 0.1) is 0 Å². The van der Waals surface area contributed by atoms with Crippen LogP contribution in [0.15, 0.2) is 71.6 Å². The summed E-state index contributed by atoms with van der Waals surface area (Å²) in [4.78, 5) is 7.65. The summed E-state index contributed by atoms with van der Waals surface area (Å²) in [6.45, 7) is -1.36. The number of alkyl halides is 3. The quantitative estimate of drug-likeness (QED) is 0.471. The number of aromatic nitrogens is 2. The van der Waals surface area contributed by atoms with Gasteiger partial charge in [0.15, 0.2) is 6.61 Å². The minimum Gasteiger partial charge on any atom is -0.484 e. The number of aromatic amines is 1. The van der Waals surface area contributed by atoms with E-state index in [0.29, 0.717) is 33.5 Å². The molecule has 0 fully saturated rings. The molecule has 0 aliphatic heterocycles. The van der Waals surface area contributed by atoms with Crippen LogP contribution in [-0.2, 0) is 10.0 Å². The van der Waals surface area contributed by atoms with E-state index in [-0.39, 0.29) is 10.6 Å². The van der Waals surface area contributed by atoms with Crippen molar-refractivity contribution in [2.24, 2.45) is 5.14 Å². The Kier molecular flexibility index (Phi) is 5.19. The van der Waals surface area contributed by atoms with E-state index in [1.807, 2.05) is 0 Å². The fourth-order valence-electron chi connectivity index (χ4n) is 3.14. The number of nitrogens with two attached hydrogens (primary N) is 1. The number of benzene rings is 3. The fourth-order valence-corrected chi connectivity index (χ4v) is 3.90. The normalized spacial score (nSPS) is 12.3. The highest BCUT2D eigenvalue weighted by molar-refractivity contribution is 7.89. The summed E-state index contributed by atoms with van der Waals surface area (Å²) in [5.74, 6) is 0.605. The van der Waals surface area contributed by atoms with Crippen molar-refractivity contribution < 1.29 is 26.3 Å². The standard InChI is InChI=1S/C21H16F3N3O3S/c22-21(23,24)12-30-15-8-5-13(6-9-15)20-26-17-10-7-14(11-18(17)27-20)16-3-1-2-4-19(16)31(25,28)29/h1-11H,12H2,(H,26,27)(H2,25,28,29). The molecule has 0 atom stereocenters. The van der Waals surface area contributed by atoms with Gasteiger partial charge >= 0.3 is 6.18 Å². The summed E-state index contributed by atoms with van der Waals surface area (Å²) < 4.78 is 65.3. The van der Waals surface area contributed by atoms with Crippen LogP contribution in [0.3, 0.4) is 0 Å². The molecule has 1 heterocycles. The summed E-state index contributed by atoms with van der Waals surface area (Å²) in [6.07, 6.45) is -4.41. The van der Waals surface area contributed by atoms with Crippen LogP contribution in [0.2, 0.25) is 0 Å². The maximum Gasteiger partial charge on any atom is 0.422 e. The first-order valence-electron chi connectivity index (χ1n) is 9.02. The summed E-state index contributed by atoms with van der Waals surface area (Å²) in [6, 6.07) is 17.7.